The zero-order chi connectivity index (χ0) is 14.8. The third-order valence-corrected chi connectivity index (χ3v) is 2.80. The first kappa shape index (κ1) is 17.2. The summed E-state index contributed by atoms with van der Waals surface area (Å²) in [6.45, 7) is 0.811. The first-order valence-electron chi connectivity index (χ1n) is 6.71. The van der Waals surface area contributed by atoms with Gasteiger partial charge in [-0.2, -0.15) is 13.2 Å². The summed E-state index contributed by atoms with van der Waals surface area (Å²) >= 11 is 0. The fourth-order valence-electron chi connectivity index (χ4n) is 1.82. The molecule has 20 heavy (non-hydrogen) atoms. The van der Waals surface area contributed by atoms with E-state index >= 15 is 0 Å². The smallest absolute Gasteiger partial charge is 0.378 e. The molecular weight excluding hydrogens is 277 g/mol. The van der Waals surface area contributed by atoms with Crippen molar-refractivity contribution in [2.24, 2.45) is 0 Å². The molecule has 1 saturated heterocycles. The molecule has 0 aromatic carbocycles. The fourth-order valence-corrected chi connectivity index (χ4v) is 1.82. The van der Waals surface area contributed by atoms with Crippen molar-refractivity contribution < 1.29 is 27.4 Å². The van der Waals surface area contributed by atoms with Gasteiger partial charge < -0.3 is 20.1 Å². The third-order valence-electron chi connectivity index (χ3n) is 2.80. The van der Waals surface area contributed by atoms with E-state index in [0.29, 0.717) is 6.61 Å². The lowest BCUT2D eigenvalue weighted by atomic mass is 10.1. The summed E-state index contributed by atoms with van der Waals surface area (Å²) in [5.41, 5.74) is 0. The van der Waals surface area contributed by atoms with E-state index in [2.05, 4.69) is 15.4 Å². The molecule has 1 aliphatic heterocycles. The van der Waals surface area contributed by atoms with Crippen LogP contribution in [0.15, 0.2) is 0 Å². The Morgan fingerprint density at radius 3 is 2.60 bits per heavy atom. The van der Waals surface area contributed by atoms with Crippen LogP contribution in [0.4, 0.5) is 13.2 Å². The van der Waals surface area contributed by atoms with Crippen molar-refractivity contribution in [2.75, 3.05) is 39.5 Å². The maximum atomic E-state index is 11.8. The van der Waals surface area contributed by atoms with Gasteiger partial charge in [0, 0.05) is 13.0 Å². The molecule has 0 aromatic rings. The predicted molar refractivity (Wildman–Crippen MR) is 66.3 cm³/mol. The van der Waals surface area contributed by atoms with E-state index in [4.69, 9.17) is 4.74 Å². The Kier molecular flexibility index (Phi) is 7.86. The van der Waals surface area contributed by atoms with Crippen LogP contribution in [0, 0.1) is 0 Å². The molecule has 1 rings (SSSR count). The molecule has 1 amide bonds. The highest BCUT2D eigenvalue weighted by molar-refractivity contribution is 5.75. The second-order valence-corrected chi connectivity index (χ2v) is 4.59. The average Bonchev–Trinajstić information content (AvgIpc) is 2.38. The monoisotopic (exact) mass is 298 g/mol. The molecule has 0 aromatic heterocycles. The molecule has 0 aliphatic carbocycles. The minimum atomic E-state index is -4.33. The number of hydrogen-bond acceptors (Lipinski definition) is 4. The number of ether oxygens (including phenoxy) is 2. The largest absolute Gasteiger partial charge is 0.411 e. The molecule has 0 bridgehead atoms. The number of hydrogen-bond donors (Lipinski definition) is 2. The zero-order valence-corrected chi connectivity index (χ0v) is 11.3. The maximum absolute atomic E-state index is 11.8. The summed E-state index contributed by atoms with van der Waals surface area (Å²) in [4.78, 5) is 11.4. The van der Waals surface area contributed by atoms with Gasteiger partial charge in [-0.3, -0.25) is 4.79 Å². The van der Waals surface area contributed by atoms with Crippen LogP contribution >= 0.6 is 0 Å². The quantitative estimate of drug-likeness (QED) is 0.652. The van der Waals surface area contributed by atoms with E-state index in [0.717, 1.165) is 25.9 Å². The van der Waals surface area contributed by atoms with Gasteiger partial charge in [-0.15, -0.1) is 0 Å². The van der Waals surface area contributed by atoms with Gasteiger partial charge in [-0.1, -0.05) is 0 Å². The minimum absolute atomic E-state index is 0.0717. The fraction of sp³-hybridized carbons (Fsp3) is 0.917. The van der Waals surface area contributed by atoms with Crippen LogP contribution in [0.25, 0.3) is 0 Å². The lowest BCUT2D eigenvalue weighted by molar-refractivity contribution is -0.173. The number of piperidine rings is 1. The lowest BCUT2D eigenvalue weighted by Crippen LogP contribution is -2.34. The second kappa shape index (κ2) is 9.15. The van der Waals surface area contributed by atoms with Crippen LogP contribution in [0.2, 0.25) is 0 Å². The first-order valence-corrected chi connectivity index (χ1v) is 6.71. The second-order valence-electron chi connectivity index (χ2n) is 4.59. The van der Waals surface area contributed by atoms with Gasteiger partial charge in [0.25, 0.3) is 0 Å². The predicted octanol–water partition coefficient (Wildman–Crippen LogP) is 0.840. The van der Waals surface area contributed by atoms with Crippen molar-refractivity contribution in [1.82, 2.24) is 10.6 Å². The number of rotatable bonds is 8. The first-order chi connectivity index (χ1) is 9.47. The number of amides is 1. The third kappa shape index (κ3) is 9.11. The van der Waals surface area contributed by atoms with Gasteiger partial charge in [-0.25, -0.2) is 0 Å². The molecule has 1 aliphatic rings. The highest BCUT2D eigenvalue weighted by atomic mass is 19.4. The van der Waals surface area contributed by atoms with E-state index in [1.54, 1.807) is 0 Å². The molecule has 5 nitrogen and oxygen atoms in total. The highest BCUT2D eigenvalue weighted by Crippen LogP contribution is 2.13. The van der Waals surface area contributed by atoms with Crippen LogP contribution < -0.4 is 10.6 Å². The molecule has 2 N–H and O–H groups in total. The van der Waals surface area contributed by atoms with Crippen LogP contribution in [0.1, 0.15) is 19.3 Å². The maximum Gasteiger partial charge on any atom is 0.411 e. The molecule has 8 heteroatoms. The SMILES string of the molecule is O=C(CCOC1CCNCC1)NCCOCC(F)(F)F. The summed E-state index contributed by atoms with van der Waals surface area (Å²) in [5, 5.41) is 5.69. The molecule has 0 spiro atoms. The van der Waals surface area contributed by atoms with Gasteiger partial charge >= 0.3 is 6.18 Å². The Morgan fingerprint density at radius 2 is 1.95 bits per heavy atom. The van der Waals surface area contributed by atoms with E-state index in [-0.39, 0.29) is 31.6 Å². The summed E-state index contributed by atoms with van der Waals surface area (Å²) in [6.07, 6.45) is -2.05. The number of alkyl halides is 3. The van der Waals surface area contributed by atoms with Gasteiger partial charge in [0.05, 0.1) is 19.3 Å². The number of halogens is 3. The van der Waals surface area contributed by atoms with Crippen LogP contribution in [-0.4, -0.2) is 57.6 Å². The molecule has 1 fully saturated rings. The molecule has 0 radical (unpaired) electrons. The van der Waals surface area contributed by atoms with Crippen LogP contribution in [-0.2, 0) is 14.3 Å². The Hall–Kier alpha value is -0.860. The van der Waals surface area contributed by atoms with Crippen LogP contribution in [0.3, 0.4) is 0 Å². The topological polar surface area (TPSA) is 59.6 Å². The summed E-state index contributed by atoms with van der Waals surface area (Å²) < 4.78 is 45.2. The Labute approximate surface area is 116 Å². The van der Waals surface area contributed by atoms with E-state index < -0.39 is 12.8 Å². The van der Waals surface area contributed by atoms with Gasteiger partial charge in [0.2, 0.25) is 5.91 Å². The van der Waals surface area contributed by atoms with Crippen molar-refractivity contribution in [2.45, 2.75) is 31.5 Å². The summed E-state index contributed by atoms with van der Waals surface area (Å²) in [7, 11) is 0. The molecule has 0 unspecified atom stereocenters. The number of carbonyl (C=O) groups excluding carboxylic acids is 1. The minimum Gasteiger partial charge on any atom is -0.378 e. The van der Waals surface area contributed by atoms with Crippen molar-refractivity contribution in [3.63, 3.8) is 0 Å². The highest BCUT2D eigenvalue weighted by Gasteiger charge is 2.27. The number of nitrogens with one attached hydrogen (secondary N) is 2. The lowest BCUT2D eigenvalue weighted by Gasteiger charge is -2.22. The normalized spacial score (nSPS) is 17.1. The number of carbonyl (C=O) groups is 1. The summed E-state index contributed by atoms with van der Waals surface area (Å²) in [5.74, 6) is -0.241. The molecule has 0 saturated carbocycles. The Morgan fingerprint density at radius 1 is 1.25 bits per heavy atom. The van der Waals surface area contributed by atoms with Crippen molar-refractivity contribution in [3.8, 4) is 0 Å². The van der Waals surface area contributed by atoms with Crippen molar-refractivity contribution >= 4 is 5.91 Å². The van der Waals surface area contributed by atoms with Crippen molar-refractivity contribution in [1.29, 1.82) is 0 Å². The summed E-state index contributed by atoms with van der Waals surface area (Å²) in [6, 6.07) is 0. The standard InChI is InChI=1S/C12H21F3N2O3/c13-12(14,15)9-19-8-6-17-11(18)3-7-20-10-1-4-16-5-2-10/h10,16H,1-9H2,(H,17,18). The molecule has 118 valence electrons. The van der Waals surface area contributed by atoms with E-state index in [1.165, 1.54) is 0 Å². The zero-order valence-electron chi connectivity index (χ0n) is 11.3. The van der Waals surface area contributed by atoms with Gasteiger partial charge in [-0.05, 0) is 25.9 Å². The van der Waals surface area contributed by atoms with Gasteiger partial charge in [0.1, 0.15) is 6.61 Å². The Balaban J connectivity index is 1.92. The van der Waals surface area contributed by atoms with E-state index in [1.807, 2.05) is 0 Å². The van der Waals surface area contributed by atoms with Gasteiger partial charge in [0.15, 0.2) is 0 Å². The van der Waals surface area contributed by atoms with Crippen molar-refractivity contribution in [3.05, 3.63) is 0 Å². The molecule has 1 heterocycles. The van der Waals surface area contributed by atoms with Crippen LogP contribution in [0.5, 0.6) is 0 Å². The average molecular weight is 298 g/mol. The van der Waals surface area contributed by atoms with E-state index in [9.17, 15) is 18.0 Å². The molecule has 0 atom stereocenters. The Bertz CT molecular complexity index is 282. The molecular formula is C12H21F3N2O3.